The van der Waals surface area contributed by atoms with Gasteiger partial charge in [-0.3, -0.25) is 0 Å². The zero-order chi connectivity index (χ0) is 22.0. The van der Waals surface area contributed by atoms with Gasteiger partial charge in [-0.2, -0.15) is 0 Å². The summed E-state index contributed by atoms with van der Waals surface area (Å²) < 4.78 is 9.27. The summed E-state index contributed by atoms with van der Waals surface area (Å²) in [5.41, 5.74) is 0.366. The Bertz CT molecular complexity index is 650. The minimum absolute atomic E-state index is 0.183. The van der Waals surface area contributed by atoms with E-state index in [2.05, 4.69) is 97.3 Å². The molecule has 0 saturated heterocycles. The number of rotatable bonds is 13. The molecule has 0 atom stereocenters. The van der Waals surface area contributed by atoms with Gasteiger partial charge >= 0.3 is 0 Å². The van der Waals surface area contributed by atoms with Crippen molar-refractivity contribution in [2.75, 3.05) is 0 Å². The fourth-order valence-corrected chi connectivity index (χ4v) is 3.85. The second kappa shape index (κ2) is 11.7. The third-order valence-corrected chi connectivity index (χ3v) is 6.01. The molecule has 0 radical (unpaired) electrons. The number of unbranched alkanes of at least 4 members (excludes halogenated alkanes) is 9. The molecule has 0 aliphatic carbocycles. The van der Waals surface area contributed by atoms with Crippen LogP contribution in [0.2, 0.25) is 0 Å². The first kappa shape index (κ1) is 24.7. The maximum atomic E-state index is 2.33. The minimum atomic E-state index is 0.183. The Morgan fingerprint density at radius 3 is 1.07 bits per heavy atom. The highest BCUT2D eigenvalue weighted by Gasteiger charge is 2.19. The van der Waals surface area contributed by atoms with Crippen molar-refractivity contribution in [2.24, 2.45) is 0 Å². The lowest BCUT2D eigenvalue weighted by Crippen LogP contribution is -2.32. The highest BCUT2D eigenvalue weighted by molar-refractivity contribution is 4.79. The normalized spacial score (nSPS) is 12.6. The molecular weight excluding hydrogens is 368 g/mol. The van der Waals surface area contributed by atoms with Crippen LogP contribution in [-0.2, 0) is 24.2 Å². The molecule has 4 nitrogen and oxygen atoms in total. The standard InChI is InChI=1S/C26H48N4/c1-25(2,3)29-21-19-27(23-29)17-15-13-11-9-7-8-10-12-14-16-18-28-20-22-30(24-28)26(4,5)6/h19-24H,7-18H2,1-6H3/q+2. The lowest BCUT2D eigenvalue weighted by atomic mass is 10.1. The van der Waals surface area contributed by atoms with E-state index in [1.807, 2.05) is 0 Å². The molecule has 0 saturated carbocycles. The van der Waals surface area contributed by atoms with Crippen molar-refractivity contribution in [3.05, 3.63) is 37.4 Å². The number of aryl methyl sites for hydroxylation is 2. The molecule has 0 unspecified atom stereocenters. The topological polar surface area (TPSA) is 17.6 Å². The van der Waals surface area contributed by atoms with E-state index in [0.29, 0.717) is 0 Å². The Balaban J connectivity index is 1.40. The summed E-state index contributed by atoms with van der Waals surface area (Å²) in [6.45, 7) is 15.8. The molecule has 0 aliphatic heterocycles. The van der Waals surface area contributed by atoms with Crippen LogP contribution in [0.25, 0.3) is 0 Å². The summed E-state index contributed by atoms with van der Waals surface area (Å²) in [6, 6.07) is 0. The molecule has 4 heteroatoms. The molecule has 170 valence electrons. The number of hydrogen-bond acceptors (Lipinski definition) is 0. The van der Waals surface area contributed by atoms with Gasteiger partial charge in [0.25, 0.3) is 0 Å². The van der Waals surface area contributed by atoms with Crippen LogP contribution in [0.15, 0.2) is 37.4 Å². The highest BCUT2D eigenvalue weighted by atomic mass is 15.2. The molecule has 2 aromatic rings. The van der Waals surface area contributed by atoms with E-state index in [4.69, 9.17) is 0 Å². The van der Waals surface area contributed by atoms with Gasteiger partial charge in [0.1, 0.15) is 35.9 Å². The van der Waals surface area contributed by atoms with E-state index in [1.165, 1.54) is 64.2 Å². The Morgan fingerprint density at radius 2 is 0.800 bits per heavy atom. The lowest BCUT2D eigenvalue weighted by molar-refractivity contribution is -0.697. The zero-order valence-corrected chi connectivity index (χ0v) is 20.7. The van der Waals surface area contributed by atoms with Gasteiger partial charge in [-0.1, -0.05) is 38.5 Å². The van der Waals surface area contributed by atoms with E-state index < -0.39 is 0 Å². The number of aromatic nitrogens is 4. The van der Waals surface area contributed by atoms with Gasteiger partial charge in [0.15, 0.2) is 0 Å². The molecule has 0 spiro atoms. The Labute approximate surface area is 185 Å². The van der Waals surface area contributed by atoms with Crippen molar-refractivity contribution in [2.45, 2.75) is 130 Å². The zero-order valence-electron chi connectivity index (χ0n) is 20.7. The van der Waals surface area contributed by atoms with Crippen molar-refractivity contribution in [3.63, 3.8) is 0 Å². The third kappa shape index (κ3) is 9.06. The van der Waals surface area contributed by atoms with Crippen LogP contribution in [0.4, 0.5) is 0 Å². The van der Waals surface area contributed by atoms with Crippen LogP contribution in [-0.4, -0.2) is 9.13 Å². The van der Waals surface area contributed by atoms with E-state index in [0.717, 1.165) is 13.1 Å². The number of imidazole rings is 2. The van der Waals surface area contributed by atoms with E-state index in [1.54, 1.807) is 0 Å². The van der Waals surface area contributed by atoms with Crippen LogP contribution in [0.3, 0.4) is 0 Å². The number of hydrogen-bond donors (Lipinski definition) is 0. The van der Waals surface area contributed by atoms with Gasteiger partial charge in [0.2, 0.25) is 12.7 Å². The van der Waals surface area contributed by atoms with Gasteiger partial charge in [-0.05, 0) is 67.2 Å². The summed E-state index contributed by atoms with van der Waals surface area (Å²) in [7, 11) is 0. The van der Waals surface area contributed by atoms with Crippen molar-refractivity contribution in [1.82, 2.24) is 9.13 Å². The molecule has 0 bridgehead atoms. The molecule has 30 heavy (non-hydrogen) atoms. The highest BCUT2D eigenvalue weighted by Crippen LogP contribution is 2.13. The molecule has 0 fully saturated rings. The smallest absolute Gasteiger partial charge is 0.237 e. The lowest BCUT2D eigenvalue weighted by Gasteiger charge is -2.13. The van der Waals surface area contributed by atoms with E-state index in [-0.39, 0.29) is 11.1 Å². The fraction of sp³-hybridized carbons (Fsp3) is 0.769. The maximum Gasteiger partial charge on any atom is 0.244 e. The van der Waals surface area contributed by atoms with Crippen LogP contribution in [0, 0.1) is 0 Å². The van der Waals surface area contributed by atoms with Gasteiger partial charge in [-0.15, -0.1) is 0 Å². The predicted octanol–water partition coefficient (Wildman–Crippen LogP) is 5.98. The Kier molecular flexibility index (Phi) is 9.64. The van der Waals surface area contributed by atoms with E-state index >= 15 is 0 Å². The van der Waals surface area contributed by atoms with Crippen molar-refractivity contribution >= 4 is 0 Å². The Hall–Kier alpha value is -1.58. The van der Waals surface area contributed by atoms with Crippen LogP contribution in [0.1, 0.15) is 106 Å². The monoisotopic (exact) mass is 416 g/mol. The first-order valence-corrected chi connectivity index (χ1v) is 12.3. The van der Waals surface area contributed by atoms with Crippen molar-refractivity contribution in [1.29, 1.82) is 0 Å². The summed E-state index contributed by atoms with van der Waals surface area (Å²) in [5, 5.41) is 0. The molecule has 0 aliphatic rings. The van der Waals surface area contributed by atoms with Crippen LogP contribution < -0.4 is 9.13 Å². The second-order valence-corrected chi connectivity index (χ2v) is 11.0. The van der Waals surface area contributed by atoms with E-state index in [9.17, 15) is 0 Å². The molecular formula is C26H48N4+2. The number of nitrogens with zero attached hydrogens (tertiary/aromatic N) is 4. The minimum Gasteiger partial charge on any atom is -0.237 e. The molecule has 2 aromatic heterocycles. The van der Waals surface area contributed by atoms with Crippen molar-refractivity contribution < 1.29 is 9.13 Å². The summed E-state index contributed by atoms with van der Waals surface area (Å²) >= 11 is 0. The summed E-state index contributed by atoms with van der Waals surface area (Å²) in [4.78, 5) is 0. The molecule has 0 aromatic carbocycles. The first-order chi connectivity index (χ1) is 14.2. The molecule has 0 N–H and O–H groups in total. The maximum absolute atomic E-state index is 2.33. The quantitative estimate of drug-likeness (QED) is 0.282. The van der Waals surface area contributed by atoms with Gasteiger partial charge in [-0.25, -0.2) is 18.3 Å². The summed E-state index contributed by atoms with van der Waals surface area (Å²) in [5.74, 6) is 0. The van der Waals surface area contributed by atoms with Gasteiger partial charge in [0.05, 0.1) is 13.1 Å². The fourth-order valence-electron chi connectivity index (χ4n) is 3.85. The second-order valence-electron chi connectivity index (χ2n) is 11.0. The average molecular weight is 417 g/mol. The molecule has 2 rings (SSSR count). The average Bonchev–Trinajstić information content (AvgIpc) is 3.31. The third-order valence-electron chi connectivity index (χ3n) is 6.01. The van der Waals surface area contributed by atoms with Crippen molar-refractivity contribution in [3.8, 4) is 0 Å². The van der Waals surface area contributed by atoms with Crippen LogP contribution >= 0.6 is 0 Å². The molecule has 0 amide bonds. The largest absolute Gasteiger partial charge is 0.244 e. The van der Waals surface area contributed by atoms with Crippen LogP contribution in [0.5, 0.6) is 0 Å². The predicted molar refractivity (Wildman–Crippen MR) is 125 cm³/mol. The SMILES string of the molecule is CC(C)(C)n1cc[n+](CCCCCCCCCCCC[n+]2ccn(C(C)(C)C)c2)c1. The first-order valence-electron chi connectivity index (χ1n) is 12.3. The Morgan fingerprint density at radius 1 is 0.500 bits per heavy atom. The van der Waals surface area contributed by atoms with Gasteiger partial charge < -0.3 is 0 Å². The summed E-state index contributed by atoms with van der Waals surface area (Å²) in [6.07, 6.45) is 27.1. The molecule has 2 heterocycles. The van der Waals surface area contributed by atoms with Gasteiger partial charge in [0, 0.05) is 0 Å².